The van der Waals surface area contributed by atoms with Crippen LogP contribution in [0.15, 0.2) is 61.1 Å². The first-order valence-corrected chi connectivity index (χ1v) is 10.7. The lowest BCUT2D eigenvalue weighted by Crippen LogP contribution is -2.12. The molecule has 35 heavy (non-hydrogen) atoms. The van der Waals surface area contributed by atoms with Gasteiger partial charge in [0, 0.05) is 11.8 Å². The number of hydrogen-bond donors (Lipinski definition) is 1. The molecular formula is C25H19FN8O. The van der Waals surface area contributed by atoms with Crippen molar-refractivity contribution < 1.29 is 9.13 Å². The number of fused-ring (bicyclic) bond motifs is 1. The van der Waals surface area contributed by atoms with Crippen LogP contribution < -0.4 is 10.5 Å². The van der Waals surface area contributed by atoms with Gasteiger partial charge in [-0.25, -0.2) is 29.0 Å². The number of aromatic nitrogens is 6. The lowest BCUT2D eigenvalue weighted by atomic mass is 10.1. The summed E-state index contributed by atoms with van der Waals surface area (Å²) in [7, 11) is 1.53. The predicted molar refractivity (Wildman–Crippen MR) is 128 cm³/mol. The number of nitrogens with two attached hydrogens (primary N) is 1. The smallest absolute Gasteiger partial charge is 0.164 e. The number of nitrogen functional groups attached to an aromatic ring is 1. The molecular weight excluding hydrogens is 447 g/mol. The topological polar surface area (TPSA) is 128 Å². The van der Waals surface area contributed by atoms with Crippen LogP contribution in [0.4, 0.5) is 10.2 Å². The first-order valence-electron chi connectivity index (χ1n) is 10.7. The Morgan fingerprint density at radius 3 is 2.71 bits per heavy atom. The van der Waals surface area contributed by atoms with E-state index in [2.05, 4.69) is 26.0 Å². The molecule has 0 aliphatic heterocycles. The van der Waals surface area contributed by atoms with Gasteiger partial charge >= 0.3 is 0 Å². The first-order chi connectivity index (χ1) is 17.0. The van der Waals surface area contributed by atoms with Crippen LogP contribution in [0.2, 0.25) is 0 Å². The van der Waals surface area contributed by atoms with Gasteiger partial charge in [-0.1, -0.05) is 12.1 Å². The fourth-order valence-corrected chi connectivity index (χ4v) is 3.89. The molecule has 172 valence electrons. The van der Waals surface area contributed by atoms with E-state index in [4.69, 9.17) is 15.6 Å². The van der Waals surface area contributed by atoms with Gasteiger partial charge in [-0.15, -0.1) is 0 Å². The van der Waals surface area contributed by atoms with Crippen molar-refractivity contribution in [2.24, 2.45) is 0 Å². The van der Waals surface area contributed by atoms with Gasteiger partial charge in [0.25, 0.3) is 0 Å². The molecule has 2 N–H and O–H groups in total. The molecule has 3 aromatic heterocycles. The molecule has 0 saturated carbocycles. The van der Waals surface area contributed by atoms with Gasteiger partial charge in [-0.3, -0.25) is 0 Å². The van der Waals surface area contributed by atoms with E-state index in [1.807, 2.05) is 6.92 Å². The third-order valence-electron chi connectivity index (χ3n) is 5.65. The van der Waals surface area contributed by atoms with E-state index < -0.39 is 11.9 Å². The summed E-state index contributed by atoms with van der Waals surface area (Å²) in [6.45, 7) is 1.90. The molecule has 5 aromatic rings. The van der Waals surface area contributed by atoms with E-state index >= 15 is 0 Å². The van der Waals surface area contributed by atoms with Crippen molar-refractivity contribution in [3.05, 3.63) is 78.1 Å². The summed E-state index contributed by atoms with van der Waals surface area (Å²) < 4.78 is 21.4. The third-order valence-corrected chi connectivity index (χ3v) is 5.65. The molecule has 1 unspecified atom stereocenters. The maximum Gasteiger partial charge on any atom is 0.164 e. The minimum Gasteiger partial charge on any atom is -0.497 e. The van der Waals surface area contributed by atoms with E-state index in [0.717, 1.165) is 0 Å². The largest absolute Gasteiger partial charge is 0.497 e. The Labute approximate surface area is 199 Å². The van der Waals surface area contributed by atoms with Gasteiger partial charge in [0.15, 0.2) is 11.5 Å². The van der Waals surface area contributed by atoms with Crippen molar-refractivity contribution in [1.82, 2.24) is 29.7 Å². The van der Waals surface area contributed by atoms with Crippen molar-refractivity contribution in [3.8, 4) is 34.5 Å². The summed E-state index contributed by atoms with van der Waals surface area (Å²) in [6.07, 6.45) is 2.95. The third kappa shape index (κ3) is 3.89. The van der Waals surface area contributed by atoms with Gasteiger partial charge in [0.1, 0.15) is 29.4 Å². The van der Waals surface area contributed by atoms with E-state index in [-0.39, 0.29) is 11.6 Å². The second-order valence-corrected chi connectivity index (χ2v) is 7.77. The molecule has 0 spiro atoms. The molecule has 10 heteroatoms. The van der Waals surface area contributed by atoms with Crippen LogP contribution in [-0.2, 0) is 0 Å². The molecule has 0 amide bonds. The second-order valence-electron chi connectivity index (χ2n) is 7.77. The summed E-state index contributed by atoms with van der Waals surface area (Å²) in [5.74, 6) is 0.621. The van der Waals surface area contributed by atoms with Gasteiger partial charge in [-0.2, -0.15) is 10.4 Å². The molecule has 0 fully saturated rings. The summed E-state index contributed by atoms with van der Waals surface area (Å²) in [6, 6.07) is 14.9. The molecule has 2 aromatic carbocycles. The van der Waals surface area contributed by atoms with Gasteiger partial charge < -0.3 is 10.5 Å². The quantitative estimate of drug-likeness (QED) is 0.409. The van der Waals surface area contributed by atoms with E-state index in [1.54, 1.807) is 53.3 Å². The van der Waals surface area contributed by atoms with Crippen LogP contribution in [-0.4, -0.2) is 36.8 Å². The normalized spacial score (nSPS) is 11.8. The van der Waals surface area contributed by atoms with Crippen LogP contribution >= 0.6 is 0 Å². The molecule has 3 heterocycles. The summed E-state index contributed by atoms with van der Waals surface area (Å²) in [5, 5.41) is 14.8. The number of nitriles is 1. The van der Waals surface area contributed by atoms with Crippen LogP contribution in [0.1, 0.15) is 24.2 Å². The number of halogens is 1. The average molecular weight is 466 g/mol. The highest BCUT2D eigenvalue weighted by atomic mass is 19.1. The predicted octanol–water partition coefficient (Wildman–Crippen LogP) is 4.16. The maximum atomic E-state index is 14.3. The lowest BCUT2D eigenvalue weighted by Gasteiger charge is -2.13. The number of ether oxygens (including phenoxy) is 1. The minimum atomic E-state index is -0.407. The van der Waals surface area contributed by atoms with E-state index in [9.17, 15) is 9.65 Å². The highest BCUT2D eigenvalue weighted by molar-refractivity contribution is 5.98. The molecule has 1 atom stereocenters. The summed E-state index contributed by atoms with van der Waals surface area (Å²) >= 11 is 0. The van der Waals surface area contributed by atoms with Crippen molar-refractivity contribution in [3.63, 3.8) is 0 Å². The lowest BCUT2D eigenvalue weighted by molar-refractivity contribution is 0.415. The number of anilines is 1. The van der Waals surface area contributed by atoms with Crippen molar-refractivity contribution in [2.75, 3.05) is 12.8 Å². The molecule has 0 aliphatic carbocycles. The maximum absolute atomic E-state index is 14.3. The van der Waals surface area contributed by atoms with Crippen molar-refractivity contribution in [2.45, 2.75) is 13.0 Å². The summed E-state index contributed by atoms with van der Waals surface area (Å²) in [5.41, 5.74) is 9.19. The van der Waals surface area contributed by atoms with Gasteiger partial charge in [0.2, 0.25) is 0 Å². The number of rotatable bonds is 5. The van der Waals surface area contributed by atoms with Gasteiger partial charge in [0.05, 0.1) is 41.4 Å². The molecule has 5 rings (SSSR count). The Hall–Kier alpha value is -4.91. The first kappa shape index (κ1) is 21.9. The standard InChI is InChI=1S/C25H19FN8O/c1-14(20-7-8-29-24(32-20)18-5-3-4-6-19(18)26)34-25-21(23(28)30-13-31-25)22(33-34)16-9-15(12-27)10-17(11-16)35-2/h3-11,13-14H,1-2H3,(H2,28,30,31). The molecule has 0 saturated heterocycles. The SMILES string of the molecule is COc1cc(C#N)cc(-c2nn(C(C)c3ccnc(-c4ccccc4F)n3)c3ncnc(N)c23)c1. The van der Waals surface area contributed by atoms with Crippen molar-refractivity contribution >= 4 is 16.9 Å². The highest BCUT2D eigenvalue weighted by Gasteiger charge is 2.23. The zero-order chi connectivity index (χ0) is 24.5. The van der Waals surface area contributed by atoms with E-state index in [1.165, 1.54) is 19.5 Å². The Morgan fingerprint density at radius 1 is 1.11 bits per heavy atom. The Balaban J connectivity index is 1.67. The average Bonchev–Trinajstić information content (AvgIpc) is 3.29. The Kier molecular flexibility index (Phi) is 5.51. The Morgan fingerprint density at radius 2 is 1.94 bits per heavy atom. The van der Waals surface area contributed by atoms with Crippen LogP contribution in [0.3, 0.4) is 0 Å². The van der Waals surface area contributed by atoms with Crippen LogP contribution in [0.25, 0.3) is 33.7 Å². The molecule has 0 bridgehead atoms. The number of hydrogen-bond acceptors (Lipinski definition) is 8. The van der Waals surface area contributed by atoms with E-state index in [0.29, 0.717) is 44.9 Å². The number of nitrogens with zero attached hydrogens (tertiary/aromatic N) is 7. The number of methoxy groups -OCH3 is 1. The molecule has 0 aliphatic rings. The van der Waals surface area contributed by atoms with Crippen LogP contribution in [0.5, 0.6) is 5.75 Å². The summed E-state index contributed by atoms with van der Waals surface area (Å²) in [4.78, 5) is 17.4. The molecule has 9 nitrogen and oxygen atoms in total. The second kappa shape index (κ2) is 8.79. The monoisotopic (exact) mass is 466 g/mol. The molecule has 0 radical (unpaired) electrons. The zero-order valence-electron chi connectivity index (χ0n) is 18.8. The van der Waals surface area contributed by atoms with Crippen molar-refractivity contribution in [1.29, 1.82) is 5.26 Å². The highest BCUT2D eigenvalue weighted by Crippen LogP contribution is 2.35. The fraction of sp³-hybridized carbons (Fsp3) is 0.120. The van der Waals surface area contributed by atoms with Gasteiger partial charge in [-0.05, 0) is 43.3 Å². The zero-order valence-corrected chi connectivity index (χ0v) is 18.8. The van der Waals surface area contributed by atoms with Crippen LogP contribution in [0, 0.1) is 17.1 Å². The number of benzene rings is 2. The Bertz CT molecular complexity index is 1610. The minimum absolute atomic E-state index is 0.250. The fourth-order valence-electron chi connectivity index (χ4n) is 3.89.